The number of ether oxygens (including phenoxy) is 2. The second kappa shape index (κ2) is 12.0. The molecule has 13 atom stereocenters. The molecule has 0 aromatic rings. The lowest BCUT2D eigenvalue weighted by molar-refractivity contribution is -0.228. The van der Waals surface area contributed by atoms with Crippen molar-refractivity contribution in [2.45, 2.75) is 66.3 Å². The summed E-state index contributed by atoms with van der Waals surface area (Å²) in [5, 5.41) is 0. The van der Waals surface area contributed by atoms with Crippen LogP contribution in [0.1, 0.15) is 41.5 Å². The van der Waals surface area contributed by atoms with Crippen LogP contribution in [-0.4, -0.2) is 69.2 Å². The Hall–Kier alpha value is 0.370. The first-order chi connectivity index (χ1) is 16.4. The van der Waals surface area contributed by atoms with E-state index < -0.39 is 47.6 Å². The van der Waals surface area contributed by atoms with Gasteiger partial charge in [0.25, 0.3) is 0 Å². The highest BCUT2D eigenvalue weighted by Crippen LogP contribution is 2.51. The van der Waals surface area contributed by atoms with Gasteiger partial charge in [-0.3, -0.25) is 22.7 Å². The van der Waals surface area contributed by atoms with Crippen molar-refractivity contribution in [2.75, 3.05) is 33.2 Å². The van der Waals surface area contributed by atoms with Crippen LogP contribution in [0.3, 0.4) is 0 Å². The van der Waals surface area contributed by atoms with Gasteiger partial charge in [0.1, 0.15) is 0 Å². The lowest BCUT2D eigenvalue weighted by Gasteiger charge is -2.44. The normalized spacial score (nSPS) is 44.0. The molecule has 35 heavy (non-hydrogen) atoms. The van der Waals surface area contributed by atoms with Gasteiger partial charge in [-0.05, 0) is 23.7 Å². The number of hydrogen-bond acceptors (Lipinski definition) is 10. The van der Waals surface area contributed by atoms with Gasteiger partial charge in [-0.25, -0.2) is 0 Å². The maximum atomic E-state index is 13.3. The Kier molecular flexibility index (Phi) is 10.3. The molecule has 0 amide bonds. The van der Waals surface area contributed by atoms with Gasteiger partial charge in [0.15, 0.2) is 12.6 Å². The molecule has 14 heteroatoms. The summed E-state index contributed by atoms with van der Waals surface area (Å²) in [6.45, 7) is 15.3. The van der Waals surface area contributed by atoms with Gasteiger partial charge in [0.2, 0.25) is 1.43 Å². The molecule has 2 heterocycles. The van der Waals surface area contributed by atoms with Crippen molar-refractivity contribution in [3.05, 3.63) is 0 Å². The molecular weight excluding hydrogens is 521 g/mol. The lowest BCUT2D eigenvalue weighted by Crippen LogP contribution is -2.48. The van der Waals surface area contributed by atoms with Crippen LogP contribution < -0.4 is 0 Å². The SMILES string of the molecule is [3H]OP(C)(=O)O[C@H]1OC(COP(C)(=O)O[C@H]2OC(COP(C)(=O)O)[C@@H](C)C(C)[C@H]2C)[C@@H](C)C(C)[C@H]1C. The van der Waals surface area contributed by atoms with E-state index in [1.54, 1.807) is 0 Å². The fourth-order valence-corrected chi connectivity index (χ4v) is 6.56. The predicted molar refractivity (Wildman–Crippen MR) is 131 cm³/mol. The summed E-state index contributed by atoms with van der Waals surface area (Å²) in [5.41, 5.74) is 0. The third kappa shape index (κ3) is 9.26. The second-order valence-corrected chi connectivity index (χ2v) is 16.0. The predicted octanol–water partition coefficient (Wildman–Crippen LogP) is 4.77. The summed E-state index contributed by atoms with van der Waals surface area (Å²) < 4.78 is 78.0. The monoisotopic (exact) mass is 566 g/mol. The van der Waals surface area contributed by atoms with E-state index in [2.05, 4.69) is 4.90 Å². The Bertz CT molecular complexity index is 870. The summed E-state index contributed by atoms with van der Waals surface area (Å²) in [6.07, 6.45) is -2.80. The molecule has 2 aliphatic heterocycles. The molecule has 0 spiro atoms. The van der Waals surface area contributed by atoms with Crippen molar-refractivity contribution in [1.29, 1.82) is 1.43 Å². The van der Waals surface area contributed by atoms with Gasteiger partial charge in [-0.2, -0.15) is 0 Å². The Balaban J connectivity index is 2.04. The molecule has 0 saturated carbocycles. The highest BCUT2D eigenvalue weighted by molar-refractivity contribution is 7.53. The van der Waals surface area contributed by atoms with E-state index in [-0.39, 0.29) is 48.7 Å². The van der Waals surface area contributed by atoms with Crippen LogP contribution in [0.25, 0.3) is 0 Å². The van der Waals surface area contributed by atoms with Crippen LogP contribution >= 0.6 is 22.8 Å². The zero-order chi connectivity index (χ0) is 27.6. The highest BCUT2D eigenvalue weighted by Gasteiger charge is 2.45. The van der Waals surface area contributed by atoms with Gasteiger partial charge in [-0.1, -0.05) is 41.5 Å². The summed E-state index contributed by atoms with van der Waals surface area (Å²) in [4.78, 5) is 13.7. The largest absolute Gasteiger partial charge is 0.346 e. The van der Waals surface area contributed by atoms with Crippen molar-refractivity contribution in [1.82, 2.24) is 0 Å². The summed E-state index contributed by atoms with van der Waals surface area (Å²) >= 11 is 0. The summed E-state index contributed by atoms with van der Waals surface area (Å²) in [5.74, 6) is -0.0425. The lowest BCUT2D eigenvalue weighted by atomic mass is 9.79. The minimum Gasteiger partial charge on any atom is -0.346 e. The third-order valence-corrected chi connectivity index (χ3v) is 9.94. The molecule has 11 nitrogen and oxygen atoms in total. The van der Waals surface area contributed by atoms with Gasteiger partial charge < -0.3 is 28.3 Å². The Morgan fingerprint density at radius 1 is 0.686 bits per heavy atom. The van der Waals surface area contributed by atoms with Crippen molar-refractivity contribution < 1.29 is 51.1 Å². The minimum atomic E-state index is -3.68. The maximum Gasteiger partial charge on any atom is 0.330 e. The zero-order valence-electron chi connectivity index (χ0n) is 23.1. The molecule has 0 aromatic carbocycles. The standard InChI is InChI=1S/C21H43O11P3/c1-12-15(4)19(29-20(16(12)5)31-34(8,24)25)11-28-35(9,26)32-21-17(6)13(2)14(3)18(30-21)10-27-33(7,22)23/h12-21H,10-11H2,1-9H3,(H,22,23)(H,24,25)/t12?,13?,14-,15-,16+,17+,18?,19?,20+,21+,35?/m0/s1/i/hT. The van der Waals surface area contributed by atoms with E-state index in [1.165, 1.54) is 13.3 Å². The van der Waals surface area contributed by atoms with E-state index in [1.807, 2.05) is 41.5 Å². The van der Waals surface area contributed by atoms with Crippen LogP contribution in [0, 0.1) is 35.5 Å². The molecule has 7 unspecified atom stereocenters. The van der Waals surface area contributed by atoms with Crippen molar-refractivity contribution >= 4 is 22.8 Å². The molecule has 208 valence electrons. The van der Waals surface area contributed by atoms with Crippen molar-refractivity contribution in [3.8, 4) is 0 Å². The molecule has 2 aliphatic rings. The van der Waals surface area contributed by atoms with E-state index in [9.17, 15) is 18.6 Å². The van der Waals surface area contributed by atoms with E-state index in [0.717, 1.165) is 6.66 Å². The molecule has 2 fully saturated rings. The second-order valence-electron chi connectivity index (χ2n) is 10.4. The van der Waals surface area contributed by atoms with Gasteiger partial charge in [0, 0.05) is 31.8 Å². The molecule has 2 saturated heterocycles. The fraction of sp³-hybridized carbons (Fsp3) is 1.00. The highest BCUT2D eigenvalue weighted by atomic mass is 31.2. The first-order valence-corrected chi connectivity index (χ1v) is 17.9. The summed E-state index contributed by atoms with van der Waals surface area (Å²) in [7, 11) is -10.9. The molecule has 0 bridgehead atoms. The number of hydrogen-bond donors (Lipinski definition) is 2. The van der Waals surface area contributed by atoms with Gasteiger partial charge in [-0.15, -0.1) is 0 Å². The minimum absolute atomic E-state index is 0.00323. The maximum absolute atomic E-state index is 13.3. The molecule has 0 aromatic heterocycles. The molecular formula is C21H43O11P3. The van der Waals surface area contributed by atoms with E-state index >= 15 is 0 Å². The third-order valence-electron chi connectivity index (χ3n) is 7.51. The van der Waals surface area contributed by atoms with Crippen LogP contribution in [-0.2, 0) is 41.3 Å². The smallest absolute Gasteiger partial charge is 0.330 e. The molecule has 0 radical (unpaired) electrons. The Morgan fingerprint density at radius 2 is 1.11 bits per heavy atom. The molecule has 2 rings (SSSR count). The van der Waals surface area contributed by atoms with Gasteiger partial charge in [0.05, 0.1) is 25.4 Å². The van der Waals surface area contributed by atoms with Crippen LogP contribution in [0.5, 0.6) is 0 Å². The Morgan fingerprint density at radius 3 is 1.54 bits per heavy atom. The van der Waals surface area contributed by atoms with E-state index in [4.69, 9.17) is 29.0 Å². The zero-order valence-corrected chi connectivity index (χ0v) is 24.7. The van der Waals surface area contributed by atoms with Crippen LogP contribution in [0.4, 0.5) is 0 Å². The average molecular weight is 566 g/mol. The van der Waals surface area contributed by atoms with Crippen molar-refractivity contribution in [3.63, 3.8) is 0 Å². The van der Waals surface area contributed by atoms with Gasteiger partial charge >= 0.3 is 22.8 Å². The molecule has 0 aliphatic carbocycles. The fourth-order valence-electron chi connectivity index (χ4n) is 4.42. The van der Waals surface area contributed by atoms with Crippen LogP contribution in [0.15, 0.2) is 0 Å². The van der Waals surface area contributed by atoms with Crippen molar-refractivity contribution in [2.24, 2.45) is 35.5 Å². The first-order valence-electron chi connectivity index (χ1n) is 12.3. The topological polar surface area (TPSA) is 147 Å². The van der Waals surface area contributed by atoms with E-state index in [0.29, 0.717) is 0 Å². The number of rotatable bonds is 11. The first kappa shape index (κ1) is 29.9. The quantitative estimate of drug-likeness (QED) is 0.333. The Labute approximate surface area is 210 Å². The summed E-state index contributed by atoms with van der Waals surface area (Å²) in [6, 6.07) is 0. The average Bonchev–Trinajstić information content (AvgIpc) is 2.77. The molecule has 2 N–H and O–H groups in total. The van der Waals surface area contributed by atoms with Crippen LogP contribution in [0.2, 0.25) is 0 Å².